The van der Waals surface area contributed by atoms with Crippen LogP contribution in [0.1, 0.15) is 34.8 Å². The second-order valence-corrected chi connectivity index (χ2v) is 7.17. The number of aryl methyl sites for hydroxylation is 1. The van der Waals surface area contributed by atoms with Crippen LogP contribution in [0.15, 0.2) is 30.6 Å². The van der Waals surface area contributed by atoms with Crippen LogP contribution < -0.4 is 5.32 Å². The lowest BCUT2D eigenvalue weighted by molar-refractivity contribution is -0.115. The van der Waals surface area contributed by atoms with Gasteiger partial charge in [-0.2, -0.15) is 0 Å². The highest BCUT2D eigenvalue weighted by Crippen LogP contribution is 2.29. The third-order valence-electron chi connectivity index (χ3n) is 3.69. The van der Waals surface area contributed by atoms with Gasteiger partial charge in [0.05, 0.1) is 29.3 Å². The highest BCUT2D eigenvalue weighted by atomic mass is 35.5. The molecular weight excluding hydrogens is 374 g/mol. The molecule has 3 aromatic heterocycles. The van der Waals surface area contributed by atoms with E-state index in [0.29, 0.717) is 26.9 Å². The van der Waals surface area contributed by atoms with Gasteiger partial charge in [0.25, 0.3) is 0 Å². The summed E-state index contributed by atoms with van der Waals surface area (Å²) in [6, 6.07) is 5.30. The predicted molar refractivity (Wildman–Crippen MR) is 102 cm³/mol. The summed E-state index contributed by atoms with van der Waals surface area (Å²) in [5, 5.41) is 3.92. The van der Waals surface area contributed by atoms with Gasteiger partial charge in [0, 0.05) is 17.3 Å². The summed E-state index contributed by atoms with van der Waals surface area (Å²) in [5.74, 6) is -0.671. The number of esters is 1. The number of rotatable bonds is 6. The van der Waals surface area contributed by atoms with Gasteiger partial charge in [-0.15, -0.1) is 11.3 Å². The second kappa shape index (κ2) is 7.88. The fourth-order valence-electron chi connectivity index (χ4n) is 2.51. The average Bonchev–Trinajstić information content (AvgIpc) is 3.17. The number of ether oxygens (including phenoxy) is 1. The molecule has 0 aromatic carbocycles. The fourth-order valence-corrected chi connectivity index (χ4v) is 3.68. The Morgan fingerprint density at radius 3 is 2.85 bits per heavy atom. The lowest BCUT2D eigenvalue weighted by atomic mass is 10.2. The molecule has 3 rings (SSSR count). The van der Waals surface area contributed by atoms with E-state index in [0.717, 1.165) is 11.3 Å². The maximum Gasteiger partial charge on any atom is 0.341 e. The molecule has 26 heavy (non-hydrogen) atoms. The third kappa shape index (κ3) is 4.05. The van der Waals surface area contributed by atoms with Crippen molar-refractivity contribution in [1.29, 1.82) is 0 Å². The van der Waals surface area contributed by atoms with Crippen molar-refractivity contribution in [3.63, 3.8) is 0 Å². The molecule has 0 unspecified atom stereocenters. The summed E-state index contributed by atoms with van der Waals surface area (Å²) in [7, 11) is 0. The molecule has 0 aliphatic rings. The van der Waals surface area contributed by atoms with Crippen molar-refractivity contribution in [3.05, 3.63) is 51.7 Å². The highest BCUT2D eigenvalue weighted by Gasteiger charge is 2.19. The largest absolute Gasteiger partial charge is 0.462 e. The summed E-state index contributed by atoms with van der Waals surface area (Å²) >= 11 is 7.34. The lowest BCUT2D eigenvalue weighted by Gasteiger charge is -2.05. The molecule has 0 saturated carbocycles. The first kappa shape index (κ1) is 18.4. The Morgan fingerprint density at radius 1 is 1.31 bits per heavy atom. The van der Waals surface area contributed by atoms with Gasteiger partial charge in [-0.05, 0) is 31.5 Å². The number of thiophene rings is 1. The number of carbonyl (C=O) groups excluding carboxylic acids is 2. The SMILES string of the molecule is CCOC(=O)c1cc(CC)sc1NC(=O)Cc1cn2cc(Cl)ccc2n1. The quantitative estimate of drug-likeness (QED) is 0.645. The van der Waals surface area contributed by atoms with Crippen molar-refractivity contribution in [2.24, 2.45) is 0 Å². The van der Waals surface area contributed by atoms with E-state index in [1.54, 1.807) is 41.9 Å². The molecule has 6 nitrogen and oxygen atoms in total. The van der Waals surface area contributed by atoms with Crippen molar-refractivity contribution in [2.75, 3.05) is 11.9 Å². The molecule has 3 aromatic rings. The molecule has 8 heteroatoms. The minimum absolute atomic E-state index is 0.0981. The maximum absolute atomic E-state index is 12.4. The summed E-state index contributed by atoms with van der Waals surface area (Å²) in [6.07, 6.45) is 4.37. The standard InChI is InChI=1S/C18H18ClN3O3S/c1-3-13-8-14(18(24)25-4-2)17(26-13)21-16(23)7-12-10-22-9-11(19)5-6-15(22)20-12/h5-6,8-10H,3-4,7H2,1-2H3,(H,21,23). The minimum atomic E-state index is -0.430. The Morgan fingerprint density at radius 2 is 2.12 bits per heavy atom. The number of amides is 1. The summed E-state index contributed by atoms with van der Waals surface area (Å²) in [6.45, 7) is 4.03. The van der Waals surface area contributed by atoms with Gasteiger partial charge in [0.1, 0.15) is 10.6 Å². The van der Waals surface area contributed by atoms with Gasteiger partial charge in [-0.3, -0.25) is 4.79 Å². The molecule has 3 heterocycles. The van der Waals surface area contributed by atoms with Crippen molar-refractivity contribution < 1.29 is 14.3 Å². The van der Waals surface area contributed by atoms with Crippen molar-refractivity contribution in [3.8, 4) is 0 Å². The van der Waals surface area contributed by atoms with Crippen LogP contribution in [-0.2, 0) is 22.4 Å². The number of pyridine rings is 1. The number of nitrogens with zero attached hydrogens (tertiary/aromatic N) is 2. The van der Waals surface area contributed by atoms with Crippen molar-refractivity contribution in [2.45, 2.75) is 26.7 Å². The van der Waals surface area contributed by atoms with Crippen LogP contribution in [0, 0.1) is 0 Å². The number of halogens is 1. The third-order valence-corrected chi connectivity index (χ3v) is 5.10. The zero-order valence-electron chi connectivity index (χ0n) is 14.4. The van der Waals surface area contributed by atoms with Gasteiger partial charge >= 0.3 is 5.97 Å². The number of hydrogen-bond donors (Lipinski definition) is 1. The van der Waals surface area contributed by atoms with Crippen LogP contribution in [0.5, 0.6) is 0 Å². The van der Waals surface area contributed by atoms with Crippen LogP contribution in [0.4, 0.5) is 5.00 Å². The van der Waals surface area contributed by atoms with E-state index >= 15 is 0 Å². The van der Waals surface area contributed by atoms with Crippen LogP contribution in [-0.4, -0.2) is 27.9 Å². The first-order valence-corrected chi connectivity index (χ1v) is 9.42. The molecule has 1 amide bonds. The molecule has 0 fully saturated rings. The molecule has 0 saturated heterocycles. The van der Waals surface area contributed by atoms with Gasteiger partial charge in [0.15, 0.2) is 0 Å². The van der Waals surface area contributed by atoms with Crippen LogP contribution in [0.2, 0.25) is 5.02 Å². The number of nitrogens with one attached hydrogen (secondary N) is 1. The van der Waals surface area contributed by atoms with Crippen LogP contribution in [0.3, 0.4) is 0 Å². The van der Waals surface area contributed by atoms with E-state index in [1.165, 1.54) is 11.3 Å². The molecule has 0 atom stereocenters. The number of imidazole rings is 1. The molecule has 0 aliphatic carbocycles. The Hall–Kier alpha value is -2.38. The molecule has 0 radical (unpaired) electrons. The first-order chi connectivity index (χ1) is 12.5. The molecule has 1 N–H and O–H groups in total. The van der Waals surface area contributed by atoms with Crippen molar-refractivity contribution >= 4 is 45.5 Å². The normalized spacial score (nSPS) is 10.9. The summed E-state index contributed by atoms with van der Waals surface area (Å²) in [5.41, 5.74) is 1.73. The summed E-state index contributed by atoms with van der Waals surface area (Å²) in [4.78, 5) is 29.9. The minimum Gasteiger partial charge on any atom is -0.462 e. The van der Waals surface area contributed by atoms with E-state index in [9.17, 15) is 9.59 Å². The Labute approximate surface area is 159 Å². The number of aromatic nitrogens is 2. The van der Waals surface area contributed by atoms with Gasteiger partial charge in [-0.25, -0.2) is 9.78 Å². The topological polar surface area (TPSA) is 72.7 Å². The van der Waals surface area contributed by atoms with Crippen molar-refractivity contribution in [1.82, 2.24) is 9.38 Å². The highest BCUT2D eigenvalue weighted by molar-refractivity contribution is 7.16. The number of fused-ring (bicyclic) bond motifs is 1. The Balaban J connectivity index is 1.76. The number of carbonyl (C=O) groups is 2. The molecule has 0 aliphatic heterocycles. The molecule has 136 valence electrons. The zero-order chi connectivity index (χ0) is 18.7. The van der Waals surface area contributed by atoms with Gasteiger partial charge in [-0.1, -0.05) is 18.5 Å². The number of hydrogen-bond acceptors (Lipinski definition) is 5. The smallest absolute Gasteiger partial charge is 0.341 e. The predicted octanol–water partition coefficient (Wildman–Crippen LogP) is 3.97. The van der Waals surface area contributed by atoms with Crippen LogP contribution in [0.25, 0.3) is 5.65 Å². The van der Waals surface area contributed by atoms with Gasteiger partial charge < -0.3 is 14.5 Å². The molecular formula is C18H18ClN3O3S. The fraction of sp³-hybridized carbons (Fsp3) is 0.278. The van der Waals surface area contributed by atoms with E-state index in [2.05, 4.69) is 10.3 Å². The first-order valence-electron chi connectivity index (χ1n) is 8.23. The molecule has 0 bridgehead atoms. The average molecular weight is 392 g/mol. The van der Waals surface area contributed by atoms with Crippen LogP contribution >= 0.6 is 22.9 Å². The Kier molecular flexibility index (Phi) is 5.58. The Bertz CT molecular complexity index is 964. The van der Waals surface area contributed by atoms with Gasteiger partial charge in [0.2, 0.25) is 5.91 Å². The van der Waals surface area contributed by atoms with E-state index in [1.807, 2.05) is 6.92 Å². The summed E-state index contributed by atoms with van der Waals surface area (Å²) < 4.78 is 6.84. The zero-order valence-corrected chi connectivity index (χ0v) is 16.0. The lowest BCUT2D eigenvalue weighted by Crippen LogP contribution is -2.16. The maximum atomic E-state index is 12.4. The molecule has 0 spiro atoms. The number of anilines is 1. The second-order valence-electron chi connectivity index (χ2n) is 5.60. The van der Waals surface area contributed by atoms with E-state index in [-0.39, 0.29) is 18.9 Å². The van der Waals surface area contributed by atoms with E-state index < -0.39 is 5.97 Å². The monoisotopic (exact) mass is 391 g/mol. The van der Waals surface area contributed by atoms with E-state index in [4.69, 9.17) is 16.3 Å².